The van der Waals surface area contributed by atoms with E-state index in [1.807, 2.05) is 20.8 Å². The fraction of sp³-hybridized carbons (Fsp3) is 0.571. The summed E-state index contributed by atoms with van der Waals surface area (Å²) in [6, 6.07) is 0.00758. The van der Waals surface area contributed by atoms with Crippen LogP contribution in [0.1, 0.15) is 44.0 Å². The van der Waals surface area contributed by atoms with E-state index < -0.39 is 5.91 Å². The Balaban J connectivity index is 2.20. The van der Waals surface area contributed by atoms with Gasteiger partial charge in [0.25, 0.3) is 5.91 Å². The lowest BCUT2D eigenvalue weighted by atomic mass is 10.1. The number of piperidine rings is 1. The maximum Gasteiger partial charge on any atom is 0.254 e. The van der Waals surface area contributed by atoms with Crippen molar-refractivity contribution in [1.82, 2.24) is 15.3 Å². The number of nitrogens with zero attached hydrogens (tertiary/aromatic N) is 2. The first kappa shape index (κ1) is 16.0. The minimum absolute atomic E-state index is 0.00758. The van der Waals surface area contributed by atoms with Gasteiger partial charge in [-0.1, -0.05) is 0 Å². The Labute approximate surface area is 129 Å². The number of hydrogen-bond donors (Lipinski definition) is 4. The summed E-state index contributed by atoms with van der Waals surface area (Å²) in [6.45, 7) is 6.45. The highest BCUT2D eigenvalue weighted by Crippen LogP contribution is 2.18. The SMILES string of the molecule is CC(C)(C)Nc1ncc(C(N)=O)c(NC2CCC(=O)NC2)n1. The molecule has 1 unspecified atom stereocenters. The number of hydrogen-bond acceptors (Lipinski definition) is 6. The van der Waals surface area contributed by atoms with Crippen molar-refractivity contribution < 1.29 is 9.59 Å². The first-order valence-corrected chi connectivity index (χ1v) is 7.23. The Morgan fingerprint density at radius 1 is 1.45 bits per heavy atom. The molecule has 120 valence electrons. The zero-order valence-electron chi connectivity index (χ0n) is 13.1. The van der Waals surface area contributed by atoms with Crippen LogP contribution in [0.2, 0.25) is 0 Å². The first-order valence-electron chi connectivity index (χ1n) is 7.23. The van der Waals surface area contributed by atoms with Crippen LogP contribution < -0.4 is 21.7 Å². The molecule has 1 aromatic rings. The molecule has 0 saturated carbocycles. The maximum absolute atomic E-state index is 11.5. The van der Waals surface area contributed by atoms with Gasteiger partial charge < -0.3 is 21.7 Å². The molecule has 1 saturated heterocycles. The van der Waals surface area contributed by atoms with Crippen LogP contribution in [-0.4, -0.2) is 39.9 Å². The molecule has 1 fully saturated rings. The van der Waals surface area contributed by atoms with E-state index in [9.17, 15) is 9.59 Å². The Hall–Kier alpha value is -2.38. The monoisotopic (exact) mass is 306 g/mol. The second-order valence-electron chi connectivity index (χ2n) is 6.38. The van der Waals surface area contributed by atoms with Crippen molar-refractivity contribution in [3.05, 3.63) is 11.8 Å². The van der Waals surface area contributed by atoms with Crippen LogP contribution in [0.3, 0.4) is 0 Å². The number of primary amides is 1. The molecular weight excluding hydrogens is 284 g/mol. The molecule has 2 amide bonds. The van der Waals surface area contributed by atoms with Gasteiger partial charge in [-0.3, -0.25) is 9.59 Å². The van der Waals surface area contributed by atoms with Gasteiger partial charge in [-0.2, -0.15) is 4.98 Å². The van der Waals surface area contributed by atoms with Crippen molar-refractivity contribution >= 4 is 23.6 Å². The van der Waals surface area contributed by atoms with Crippen LogP contribution in [0.25, 0.3) is 0 Å². The minimum atomic E-state index is -0.593. The highest BCUT2D eigenvalue weighted by atomic mass is 16.2. The van der Waals surface area contributed by atoms with Gasteiger partial charge in [0, 0.05) is 30.7 Å². The van der Waals surface area contributed by atoms with Crippen LogP contribution in [-0.2, 0) is 4.79 Å². The lowest BCUT2D eigenvalue weighted by molar-refractivity contribution is -0.122. The topological polar surface area (TPSA) is 122 Å². The van der Waals surface area contributed by atoms with Crippen molar-refractivity contribution in [2.45, 2.75) is 45.2 Å². The molecule has 0 spiro atoms. The van der Waals surface area contributed by atoms with Crippen molar-refractivity contribution in [1.29, 1.82) is 0 Å². The number of nitrogens with one attached hydrogen (secondary N) is 3. The van der Waals surface area contributed by atoms with Gasteiger partial charge in [0.1, 0.15) is 5.82 Å². The second-order valence-corrected chi connectivity index (χ2v) is 6.38. The average Bonchev–Trinajstić information content (AvgIpc) is 2.39. The summed E-state index contributed by atoms with van der Waals surface area (Å²) in [5.41, 5.74) is 5.40. The van der Waals surface area contributed by atoms with Crippen molar-refractivity contribution in [3.63, 3.8) is 0 Å². The molecular formula is C14H22N6O2. The molecule has 1 aliphatic heterocycles. The normalized spacial score (nSPS) is 18.5. The first-order chi connectivity index (χ1) is 10.2. The minimum Gasteiger partial charge on any atom is -0.365 e. The van der Waals surface area contributed by atoms with Crippen LogP contribution in [0.5, 0.6) is 0 Å². The number of nitrogens with two attached hydrogens (primary N) is 1. The molecule has 0 radical (unpaired) electrons. The highest BCUT2D eigenvalue weighted by Gasteiger charge is 2.21. The van der Waals surface area contributed by atoms with E-state index in [-0.39, 0.29) is 23.1 Å². The van der Waals surface area contributed by atoms with Crippen LogP contribution >= 0.6 is 0 Å². The van der Waals surface area contributed by atoms with Crippen LogP contribution in [0.15, 0.2) is 6.20 Å². The Morgan fingerprint density at radius 3 is 2.73 bits per heavy atom. The number of anilines is 2. The summed E-state index contributed by atoms with van der Waals surface area (Å²) < 4.78 is 0. The molecule has 2 heterocycles. The summed E-state index contributed by atoms with van der Waals surface area (Å²) >= 11 is 0. The smallest absolute Gasteiger partial charge is 0.254 e. The third kappa shape index (κ3) is 4.31. The maximum atomic E-state index is 11.5. The standard InChI is InChI=1S/C14H22N6O2/c1-14(2,3)20-13-17-7-9(11(15)22)12(19-13)18-8-4-5-10(21)16-6-8/h7-8H,4-6H2,1-3H3,(H2,15,22)(H,16,21)(H2,17,18,19,20). The molecule has 0 aliphatic carbocycles. The van der Waals surface area contributed by atoms with Crippen LogP contribution in [0.4, 0.5) is 11.8 Å². The molecule has 2 rings (SSSR count). The number of amides is 2. The lowest BCUT2D eigenvalue weighted by Gasteiger charge is -2.25. The van der Waals surface area contributed by atoms with E-state index >= 15 is 0 Å². The van der Waals surface area contributed by atoms with E-state index in [1.54, 1.807) is 0 Å². The Kier molecular flexibility index (Phi) is 4.48. The third-order valence-electron chi connectivity index (χ3n) is 3.15. The zero-order valence-corrected chi connectivity index (χ0v) is 13.1. The molecule has 8 heteroatoms. The van der Waals surface area contributed by atoms with E-state index in [0.29, 0.717) is 31.2 Å². The third-order valence-corrected chi connectivity index (χ3v) is 3.15. The van der Waals surface area contributed by atoms with E-state index in [0.717, 1.165) is 0 Å². The van der Waals surface area contributed by atoms with E-state index in [2.05, 4.69) is 25.9 Å². The number of carbonyl (C=O) groups is 2. The Bertz CT molecular complexity index is 571. The summed E-state index contributed by atoms with van der Waals surface area (Å²) in [7, 11) is 0. The molecule has 0 bridgehead atoms. The quantitative estimate of drug-likeness (QED) is 0.641. The molecule has 22 heavy (non-hydrogen) atoms. The van der Waals surface area contributed by atoms with E-state index in [1.165, 1.54) is 6.20 Å². The van der Waals surface area contributed by atoms with Gasteiger partial charge in [0.15, 0.2) is 0 Å². The Morgan fingerprint density at radius 2 is 2.18 bits per heavy atom. The number of aromatic nitrogens is 2. The van der Waals surface area contributed by atoms with Crippen molar-refractivity contribution in [2.75, 3.05) is 17.2 Å². The summed E-state index contributed by atoms with van der Waals surface area (Å²) in [5, 5.41) is 9.10. The molecule has 1 atom stereocenters. The largest absolute Gasteiger partial charge is 0.365 e. The molecule has 1 aromatic heterocycles. The van der Waals surface area contributed by atoms with E-state index in [4.69, 9.17) is 5.73 Å². The summed E-state index contributed by atoms with van der Waals surface area (Å²) in [6.07, 6.45) is 2.53. The summed E-state index contributed by atoms with van der Waals surface area (Å²) in [5.74, 6) is 0.242. The number of rotatable bonds is 4. The molecule has 8 nitrogen and oxygen atoms in total. The molecule has 0 aromatic carbocycles. The van der Waals surface area contributed by atoms with Crippen LogP contribution in [0, 0.1) is 0 Å². The van der Waals surface area contributed by atoms with Gasteiger partial charge in [0.2, 0.25) is 11.9 Å². The molecule has 1 aliphatic rings. The average molecular weight is 306 g/mol. The predicted molar refractivity (Wildman–Crippen MR) is 83.6 cm³/mol. The van der Waals surface area contributed by atoms with Gasteiger partial charge in [-0.05, 0) is 27.2 Å². The van der Waals surface area contributed by atoms with Gasteiger partial charge >= 0.3 is 0 Å². The fourth-order valence-corrected chi connectivity index (χ4v) is 2.12. The molecule has 5 N–H and O–H groups in total. The highest BCUT2D eigenvalue weighted by molar-refractivity contribution is 5.97. The predicted octanol–water partition coefficient (Wildman–Crippen LogP) is 0.476. The van der Waals surface area contributed by atoms with Gasteiger partial charge in [0.05, 0.1) is 5.56 Å². The zero-order chi connectivity index (χ0) is 16.3. The van der Waals surface area contributed by atoms with Crippen molar-refractivity contribution in [3.8, 4) is 0 Å². The fourth-order valence-electron chi connectivity index (χ4n) is 2.12. The van der Waals surface area contributed by atoms with Crippen molar-refractivity contribution in [2.24, 2.45) is 5.73 Å². The van der Waals surface area contributed by atoms with Gasteiger partial charge in [-0.25, -0.2) is 4.98 Å². The number of carbonyl (C=O) groups excluding carboxylic acids is 2. The second kappa shape index (κ2) is 6.17. The lowest BCUT2D eigenvalue weighted by Crippen LogP contribution is -2.42. The summed E-state index contributed by atoms with van der Waals surface area (Å²) in [4.78, 5) is 31.2. The van der Waals surface area contributed by atoms with Gasteiger partial charge in [-0.15, -0.1) is 0 Å².